The standard InChI is InChI=1S/C18H13N3S2/c1-2-21-16-7-4-3-6-14(16)15(10-13(11-19)12-20)18(21)23-17-8-5-9-22-17/h3-10H,2H2,1H3. The van der Waals surface area contributed by atoms with Crippen molar-refractivity contribution in [3.8, 4) is 12.1 Å². The van der Waals surface area contributed by atoms with E-state index in [1.54, 1.807) is 29.2 Å². The summed E-state index contributed by atoms with van der Waals surface area (Å²) in [6.45, 7) is 2.93. The first-order valence-electron chi connectivity index (χ1n) is 7.13. The first kappa shape index (κ1) is 15.4. The molecule has 0 bridgehead atoms. The molecule has 112 valence electrons. The smallest absolute Gasteiger partial charge is 0.130 e. The zero-order chi connectivity index (χ0) is 16.2. The van der Waals surface area contributed by atoms with Crippen LogP contribution >= 0.6 is 23.1 Å². The van der Waals surface area contributed by atoms with Crippen molar-refractivity contribution in [1.29, 1.82) is 10.5 Å². The lowest BCUT2D eigenvalue weighted by molar-refractivity contribution is 0.728. The highest BCUT2D eigenvalue weighted by Crippen LogP contribution is 2.40. The van der Waals surface area contributed by atoms with Crippen molar-refractivity contribution < 1.29 is 0 Å². The van der Waals surface area contributed by atoms with E-state index < -0.39 is 0 Å². The number of hydrogen-bond donors (Lipinski definition) is 0. The second-order valence-corrected chi connectivity index (χ2v) is 7.03. The van der Waals surface area contributed by atoms with E-state index in [0.29, 0.717) is 0 Å². The van der Waals surface area contributed by atoms with Gasteiger partial charge in [-0.25, -0.2) is 0 Å². The molecule has 0 radical (unpaired) electrons. The van der Waals surface area contributed by atoms with Crippen LogP contribution in [0.2, 0.25) is 0 Å². The molecule has 23 heavy (non-hydrogen) atoms. The van der Waals surface area contributed by atoms with E-state index in [1.165, 1.54) is 4.21 Å². The van der Waals surface area contributed by atoms with Crippen molar-refractivity contribution >= 4 is 40.1 Å². The number of nitrogens with zero attached hydrogens (tertiary/aromatic N) is 3. The summed E-state index contributed by atoms with van der Waals surface area (Å²) in [5.74, 6) is 0. The second-order valence-electron chi connectivity index (χ2n) is 4.80. The molecule has 0 aliphatic heterocycles. The summed E-state index contributed by atoms with van der Waals surface area (Å²) in [4.78, 5) is 0. The van der Waals surface area contributed by atoms with E-state index in [9.17, 15) is 0 Å². The number of aromatic nitrogens is 1. The van der Waals surface area contributed by atoms with E-state index >= 15 is 0 Å². The van der Waals surface area contributed by atoms with Gasteiger partial charge in [0.25, 0.3) is 0 Å². The zero-order valence-electron chi connectivity index (χ0n) is 12.5. The third kappa shape index (κ3) is 2.90. The minimum atomic E-state index is 0.122. The molecule has 0 fully saturated rings. The Bertz CT molecular complexity index is 935. The van der Waals surface area contributed by atoms with Crippen molar-refractivity contribution in [3.05, 3.63) is 52.9 Å². The summed E-state index contributed by atoms with van der Waals surface area (Å²) < 4.78 is 3.42. The van der Waals surface area contributed by atoms with Gasteiger partial charge in [0.1, 0.15) is 17.7 Å². The minimum absolute atomic E-state index is 0.122. The van der Waals surface area contributed by atoms with E-state index in [2.05, 4.69) is 23.6 Å². The summed E-state index contributed by atoms with van der Waals surface area (Å²) in [6.07, 6.45) is 1.70. The van der Waals surface area contributed by atoms with Crippen LogP contribution in [-0.2, 0) is 6.54 Å². The first-order valence-corrected chi connectivity index (χ1v) is 8.82. The van der Waals surface area contributed by atoms with Gasteiger partial charge in [-0.15, -0.1) is 11.3 Å². The maximum Gasteiger partial charge on any atom is 0.130 e. The molecule has 0 unspecified atom stereocenters. The van der Waals surface area contributed by atoms with Crippen LogP contribution in [0.25, 0.3) is 17.0 Å². The quantitative estimate of drug-likeness (QED) is 0.608. The SMILES string of the molecule is CCn1c(Sc2cccs2)c(C=C(C#N)C#N)c2ccccc21. The Labute approximate surface area is 143 Å². The maximum absolute atomic E-state index is 9.12. The summed E-state index contributed by atoms with van der Waals surface area (Å²) >= 11 is 3.36. The lowest BCUT2D eigenvalue weighted by Gasteiger charge is -2.07. The topological polar surface area (TPSA) is 52.5 Å². The van der Waals surface area contributed by atoms with Gasteiger partial charge >= 0.3 is 0 Å². The predicted octanol–water partition coefficient (Wildman–Crippen LogP) is 5.30. The normalized spacial score (nSPS) is 10.2. The first-order chi connectivity index (χ1) is 11.3. The molecule has 0 saturated heterocycles. The van der Waals surface area contributed by atoms with Crippen molar-refractivity contribution in [2.24, 2.45) is 0 Å². The molecule has 0 aliphatic rings. The highest BCUT2D eigenvalue weighted by atomic mass is 32.2. The number of aryl methyl sites for hydroxylation is 1. The van der Waals surface area contributed by atoms with Gasteiger partial charge in [0.15, 0.2) is 0 Å². The van der Waals surface area contributed by atoms with Crippen molar-refractivity contribution in [2.45, 2.75) is 22.7 Å². The van der Waals surface area contributed by atoms with Gasteiger partial charge < -0.3 is 4.57 Å². The summed E-state index contributed by atoms with van der Waals surface area (Å²) in [6, 6.07) is 16.1. The fourth-order valence-corrected chi connectivity index (χ4v) is 4.52. The van der Waals surface area contributed by atoms with Crippen LogP contribution in [0.1, 0.15) is 12.5 Å². The third-order valence-corrected chi connectivity index (χ3v) is 5.67. The molecule has 3 aromatic rings. The number of benzene rings is 1. The van der Waals surface area contributed by atoms with Crippen LogP contribution in [0.15, 0.2) is 56.6 Å². The van der Waals surface area contributed by atoms with Crippen LogP contribution in [0.4, 0.5) is 0 Å². The Balaban J connectivity index is 2.29. The van der Waals surface area contributed by atoms with Gasteiger partial charge in [0, 0.05) is 23.0 Å². The average Bonchev–Trinajstić information content (AvgIpc) is 3.19. The molecule has 3 nitrogen and oxygen atoms in total. The van der Waals surface area contributed by atoms with Gasteiger partial charge in [-0.2, -0.15) is 10.5 Å². The largest absolute Gasteiger partial charge is 0.335 e. The Kier molecular flexibility index (Phi) is 4.52. The van der Waals surface area contributed by atoms with Gasteiger partial charge in [0.2, 0.25) is 0 Å². The zero-order valence-corrected chi connectivity index (χ0v) is 14.1. The Morgan fingerprint density at radius 2 is 2.00 bits per heavy atom. The lowest BCUT2D eigenvalue weighted by Crippen LogP contribution is -1.95. The Hall–Kier alpha value is -2.47. The molecule has 1 aromatic carbocycles. The number of thiophene rings is 1. The number of allylic oxidation sites excluding steroid dienone is 1. The number of fused-ring (bicyclic) bond motifs is 1. The molecule has 0 saturated carbocycles. The molecule has 5 heteroatoms. The Morgan fingerprint density at radius 1 is 1.22 bits per heavy atom. The lowest BCUT2D eigenvalue weighted by atomic mass is 10.1. The van der Waals surface area contributed by atoms with Crippen molar-refractivity contribution in [1.82, 2.24) is 4.57 Å². The molecule has 2 aromatic heterocycles. The average molecular weight is 335 g/mol. The highest BCUT2D eigenvalue weighted by molar-refractivity contribution is 8.01. The summed E-state index contributed by atoms with van der Waals surface area (Å²) in [5, 5.41) is 22.4. The molecule has 2 heterocycles. The number of rotatable bonds is 4. The molecule has 0 spiro atoms. The van der Waals surface area contributed by atoms with Crippen molar-refractivity contribution in [2.75, 3.05) is 0 Å². The van der Waals surface area contributed by atoms with Crippen molar-refractivity contribution in [3.63, 3.8) is 0 Å². The molecule has 0 N–H and O–H groups in total. The van der Waals surface area contributed by atoms with Crippen LogP contribution < -0.4 is 0 Å². The van der Waals surface area contributed by atoms with Crippen LogP contribution in [0.3, 0.4) is 0 Å². The maximum atomic E-state index is 9.12. The number of nitriles is 2. The minimum Gasteiger partial charge on any atom is -0.335 e. The second kappa shape index (κ2) is 6.75. The van der Waals surface area contributed by atoms with E-state index in [0.717, 1.165) is 28.0 Å². The van der Waals surface area contributed by atoms with Crippen LogP contribution in [0, 0.1) is 22.7 Å². The summed E-state index contributed by atoms with van der Waals surface area (Å²) in [7, 11) is 0. The van der Waals surface area contributed by atoms with Gasteiger partial charge in [0.05, 0.1) is 9.24 Å². The fourth-order valence-electron chi connectivity index (χ4n) is 2.52. The van der Waals surface area contributed by atoms with Crippen LogP contribution in [0.5, 0.6) is 0 Å². The highest BCUT2D eigenvalue weighted by Gasteiger charge is 2.17. The monoisotopic (exact) mass is 335 g/mol. The molecule has 3 rings (SSSR count). The van der Waals surface area contributed by atoms with E-state index in [4.69, 9.17) is 10.5 Å². The number of para-hydroxylation sites is 1. The fraction of sp³-hybridized carbons (Fsp3) is 0.111. The molecular formula is C18H13N3S2. The molecule has 0 amide bonds. The van der Waals surface area contributed by atoms with E-state index in [1.807, 2.05) is 41.8 Å². The van der Waals surface area contributed by atoms with E-state index in [-0.39, 0.29) is 5.57 Å². The van der Waals surface area contributed by atoms with Crippen LogP contribution in [-0.4, -0.2) is 4.57 Å². The van der Waals surface area contributed by atoms with Gasteiger partial charge in [-0.05, 0) is 30.5 Å². The van der Waals surface area contributed by atoms with Gasteiger partial charge in [-0.1, -0.05) is 36.0 Å². The van der Waals surface area contributed by atoms with Gasteiger partial charge in [-0.3, -0.25) is 0 Å². The third-order valence-electron chi connectivity index (χ3n) is 3.50. The molecule has 0 atom stereocenters. The molecular weight excluding hydrogens is 322 g/mol. The summed E-state index contributed by atoms with van der Waals surface area (Å²) in [5.41, 5.74) is 2.19. The Morgan fingerprint density at radius 3 is 2.65 bits per heavy atom. The number of hydrogen-bond acceptors (Lipinski definition) is 4. The predicted molar refractivity (Wildman–Crippen MR) is 95.3 cm³/mol. The molecule has 0 aliphatic carbocycles.